The van der Waals surface area contributed by atoms with Crippen molar-refractivity contribution in [2.75, 3.05) is 27.0 Å². The first kappa shape index (κ1) is 14.3. The van der Waals surface area contributed by atoms with Gasteiger partial charge in [0.15, 0.2) is 11.5 Å². The van der Waals surface area contributed by atoms with Crippen molar-refractivity contribution >= 4 is 11.8 Å². The quantitative estimate of drug-likeness (QED) is 0.805. The second-order valence-corrected chi connectivity index (χ2v) is 6.11. The van der Waals surface area contributed by atoms with Gasteiger partial charge in [-0.25, -0.2) is 0 Å². The molecule has 0 saturated heterocycles. The topological polar surface area (TPSA) is 50.7 Å². The van der Waals surface area contributed by atoms with E-state index in [4.69, 9.17) is 9.47 Å². The van der Waals surface area contributed by atoms with Gasteiger partial charge in [0, 0.05) is 17.8 Å². The van der Waals surface area contributed by atoms with Crippen molar-refractivity contribution < 1.29 is 14.6 Å². The lowest BCUT2D eigenvalue weighted by Gasteiger charge is -2.15. The third-order valence-electron chi connectivity index (χ3n) is 3.56. The van der Waals surface area contributed by atoms with Crippen LogP contribution >= 0.6 is 11.8 Å². The molecule has 0 spiro atoms. The van der Waals surface area contributed by atoms with Crippen molar-refractivity contribution in [1.82, 2.24) is 5.32 Å². The van der Waals surface area contributed by atoms with Crippen LogP contribution in [0.3, 0.4) is 0 Å². The molecule has 1 aliphatic carbocycles. The van der Waals surface area contributed by atoms with Gasteiger partial charge in [0.25, 0.3) is 0 Å². The Kier molecular flexibility index (Phi) is 4.47. The molecule has 19 heavy (non-hydrogen) atoms. The Labute approximate surface area is 118 Å². The van der Waals surface area contributed by atoms with Crippen LogP contribution < -0.4 is 14.8 Å². The Hall–Kier alpha value is -1.07. The molecule has 0 aliphatic heterocycles. The van der Waals surface area contributed by atoms with E-state index in [1.807, 2.05) is 23.9 Å². The average Bonchev–Trinajstić information content (AvgIpc) is 3.21. The summed E-state index contributed by atoms with van der Waals surface area (Å²) in [7, 11) is 3.08. The van der Waals surface area contributed by atoms with Gasteiger partial charge >= 0.3 is 0 Å². The van der Waals surface area contributed by atoms with E-state index in [1.54, 1.807) is 14.2 Å². The minimum atomic E-state index is 0.0523. The summed E-state index contributed by atoms with van der Waals surface area (Å²) >= 11 is 1.94. The van der Waals surface area contributed by atoms with Crippen LogP contribution in [0.2, 0.25) is 0 Å². The normalized spacial score (nSPS) is 16.2. The molecule has 0 heterocycles. The minimum Gasteiger partial charge on any atom is -0.502 e. The van der Waals surface area contributed by atoms with Gasteiger partial charge < -0.3 is 19.9 Å². The van der Waals surface area contributed by atoms with E-state index < -0.39 is 0 Å². The number of rotatable bonds is 7. The second kappa shape index (κ2) is 5.92. The first-order chi connectivity index (χ1) is 9.14. The third-order valence-corrected chi connectivity index (χ3v) is 4.98. The van der Waals surface area contributed by atoms with Gasteiger partial charge in [-0.15, -0.1) is 0 Å². The fourth-order valence-corrected chi connectivity index (χ4v) is 2.83. The van der Waals surface area contributed by atoms with E-state index >= 15 is 0 Å². The van der Waals surface area contributed by atoms with E-state index in [0.29, 0.717) is 16.2 Å². The van der Waals surface area contributed by atoms with E-state index in [2.05, 4.69) is 11.6 Å². The van der Waals surface area contributed by atoms with Gasteiger partial charge in [0.05, 0.1) is 14.2 Å². The van der Waals surface area contributed by atoms with E-state index in [-0.39, 0.29) is 5.75 Å². The number of benzene rings is 1. The molecule has 0 bridgehead atoms. The summed E-state index contributed by atoms with van der Waals surface area (Å²) < 4.78 is 10.7. The summed E-state index contributed by atoms with van der Waals surface area (Å²) in [5.74, 6) is 0.945. The molecule has 0 radical (unpaired) electrons. The highest BCUT2D eigenvalue weighted by Crippen LogP contribution is 2.46. The van der Waals surface area contributed by atoms with Gasteiger partial charge in [-0.1, -0.05) is 0 Å². The third kappa shape index (κ3) is 3.28. The van der Waals surface area contributed by atoms with Gasteiger partial charge in [-0.05, 0) is 36.8 Å². The predicted molar refractivity (Wildman–Crippen MR) is 78.4 cm³/mol. The maximum atomic E-state index is 9.84. The maximum absolute atomic E-state index is 9.84. The zero-order chi connectivity index (χ0) is 13.9. The number of phenolic OH excluding ortho intramolecular Hbond substituents is 1. The van der Waals surface area contributed by atoms with Crippen LogP contribution in [0.4, 0.5) is 0 Å². The van der Waals surface area contributed by atoms with Crippen LogP contribution in [0.1, 0.15) is 18.4 Å². The fourth-order valence-electron chi connectivity index (χ4n) is 2.08. The van der Waals surface area contributed by atoms with Gasteiger partial charge in [0.1, 0.15) is 0 Å². The number of nitrogens with one attached hydrogen (secondary N) is 1. The molecule has 0 unspecified atom stereocenters. The van der Waals surface area contributed by atoms with Crippen molar-refractivity contribution in [3.05, 3.63) is 17.7 Å². The summed E-state index contributed by atoms with van der Waals surface area (Å²) in [4.78, 5) is 0. The Balaban J connectivity index is 1.99. The van der Waals surface area contributed by atoms with Crippen LogP contribution in [0.25, 0.3) is 0 Å². The SMILES string of the molecule is COc1cc(CNCC2(SC)CC2)cc(OC)c1O. The molecule has 5 heteroatoms. The van der Waals surface area contributed by atoms with Crippen LogP contribution in [0.5, 0.6) is 17.2 Å². The molecule has 0 aromatic heterocycles. The molecule has 1 aromatic rings. The molecule has 1 saturated carbocycles. The largest absolute Gasteiger partial charge is 0.502 e. The maximum Gasteiger partial charge on any atom is 0.200 e. The molecule has 4 nitrogen and oxygen atoms in total. The number of thioether (sulfide) groups is 1. The number of aromatic hydroxyl groups is 1. The zero-order valence-corrected chi connectivity index (χ0v) is 12.5. The number of methoxy groups -OCH3 is 2. The summed E-state index contributed by atoms with van der Waals surface area (Å²) in [5, 5.41) is 13.3. The number of phenols is 1. The van der Waals surface area contributed by atoms with E-state index in [0.717, 1.165) is 18.7 Å². The zero-order valence-electron chi connectivity index (χ0n) is 11.7. The average molecular weight is 283 g/mol. The lowest BCUT2D eigenvalue weighted by atomic mass is 10.1. The van der Waals surface area contributed by atoms with Crippen molar-refractivity contribution in [2.45, 2.75) is 24.1 Å². The van der Waals surface area contributed by atoms with Crippen LogP contribution in [-0.2, 0) is 6.54 Å². The van der Waals surface area contributed by atoms with Crippen molar-refractivity contribution in [3.8, 4) is 17.2 Å². The van der Waals surface area contributed by atoms with Crippen molar-refractivity contribution in [2.24, 2.45) is 0 Å². The molecule has 1 aromatic carbocycles. The van der Waals surface area contributed by atoms with Gasteiger partial charge in [-0.2, -0.15) is 11.8 Å². The van der Waals surface area contributed by atoms with Crippen molar-refractivity contribution in [3.63, 3.8) is 0 Å². The highest BCUT2D eigenvalue weighted by atomic mass is 32.2. The van der Waals surface area contributed by atoms with Gasteiger partial charge in [0.2, 0.25) is 5.75 Å². The second-order valence-electron chi connectivity index (χ2n) is 4.84. The van der Waals surface area contributed by atoms with Gasteiger partial charge in [-0.3, -0.25) is 0 Å². The first-order valence-corrected chi connectivity index (χ1v) is 7.56. The first-order valence-electron chi connectivity index (χ1n) is 6.34. The Morgan fingerprint density at radius 1 is 1.26 bits per heavy atom. The molecule has 1 fully saturated rings. The number of hydrogen-bond acceptors (Lipinski definition) is 5. The standard InChI is InChI=1S/C14H21NO3S/c1-17-11-6-10(7-12(18-2)13(11)16)8-15-9-14(19-3)4-5-14/h6-7,15-16H,4-5,8-9H2,1-3H3. The number of hydrogen-bond donors (Lipinski definition) is 2. The Morgan fingerprint density at radius 2 is 1.84 bits per heavy atom. The minimum absolute atomic E-state index is 0.0523. The highest BCUT2D eigenvalue weighted by molar-refractivity contribution is 8.00. The molecule has 0 amide bonds. The molecule has 2 N–H and O–H groups in total. The lowest BCUT2D eigenvalue weighted by Crippen LogP contribution is -2.25. The Bertz CT molecular complexity index is 421. The predicted octanol–water partition coefficient (Wildman–Crippen LogP) is 2.39. The van der Waals surface area contributed by atoms with Crippen LogP contribution in [0, 0.1) is 0 Å². The number of ether oxygens (including phenoxy) is 2. The molecule has 2 rings (SSSR count). The molecule has 106 valence electrons. The molecule has 1 aliphatic rings. The van der Waals surface area contributed by atoms with Crippen LogP contribution in [0.15, 0.2) is 12.1 Å². The molecule has 0 atom stereocenters. The van der Waals surface area contributed by atoms with Crippen molar-refractivity contribution in [1.29, 1.82) is 0 Å². The van der Waals surface area contributed by atoms with E-state index in [1.165, 1.54) is 12.8 Å². The molecular formula is C14H21NO3S. The Morgan fingerprint density at radius 3 is 2.26 bits per heavy atom. The molecular weight excluding hydrogens is 262 g/mol. The van der Waals surface area contributed by atoms with Crippen LogP contribution in [-0.4, -0.2) is 36.9 Å². The highest BCUT2D eigenvalue weighted by Gasteiger charge is 2.41. The summed E-state index contributed by atoms with van der Waals surface area (Å²) in [6.07, 6.45) is 4.76. The summed E-state index contributed by atoms with van der Waals surface area (Å²) in [5.41, 5.74) is 1.04. The monoisotopic (exact) mass is 283 g/mol. The lowest BCUT2D eigenvalue weighted by molar-refractivity contribution is 0.339. The summed E-state index contributed by atoms with van der Waals surface area (Å²) in [6.45, 7) is 1.76. The summed E-state index contributed by atoms with van der Waals surface area (Å²) in [6, 6.07) is 3.67. The van der Waals surface area contributed by atoms with E-state index in [9.17, 15) is 5.11 Å². The fraction of sp³-hybridized carbons (Fsp3) is 0.571. The smallest absolute Gasteiger partial charge is 0.200 e.